The Kier molecular flexibility index (Phi) is 53.2. The second-order valence-electron chi connectivity index (χ2n) is 19.6. The molecule has 0 amide bonds. The molecule has 66 heavy (non-hydrogen) atoms. The van der Waals surface area contributed by atoms with E-state index in [1.54, 1.807) is 0 Å². The van der Waals surface area contributed by atoms with Gasteiger partial charge in [0.25, 0.3) is 0 Å². The molecule has 0 heterocycles. The summed E-state index contributed by atoms with van der Waals surface area (Å²) in [7, 11) is 0. The highest BCUT2D eigenvalue weighted by Gasteiger charge is 2.19. The third-order valence-electron chi connectivity index (χ3n) is 12.9. The first-order valence-corrected chi connectivity index (χ1v) is 29.0. The van der Waals surface area contributed by atoms with E-state index in [9.17, 15) is 14.4 Å². The van der Waals surface area contributed by atoms with Crippen LogP contribution in [0.1, 0.15) is 310 Å². The molecule has 0 aliphatic heterocycles. The fraction of sp³-hybridized carbons (Fsp3) is 0.850. The van der Waals surface area contributed by atoms with Gasteiger partial charge >= 0.3 is 17.9 Å². The molecule has 0 N–H and O–H groups in total. The number of hydrogen-bond donors (Lipinski definition) is 0. The Balaban J connectivity index is 4.10. The molecule has 0 saturated carbocycles. The molecular weight excluding hydrogens is 817 g/mol. The predicted molar refractivity (Wildman–Crippen MR) is 284 cm³/mol. The smallest absolute Gasteiger partial charge is 0.306 e. The fourth-order valence-corrected chi connectivity index (χ4v) is 8.47. The van der Waals surface area contributed by atoms with Gasteiger partial charge < -0.3 is 14.2 Å². The second-order valence-corrected chi connectivity index (χ2v) is 19.6. The number of unbranched alkanes of at least 4 members (excludes halogenated alkanes) is 36. The van der Waals surface area contributed by atoms with Crippen molar-refractivity contribution in [3.63, 3.8) is 0 Å². The minimum Gasteiger partial charge on any atom is -0.462 e. The molecule has 6 nitrogen and oxygen atoms in total. The van der Waals surface area contributed by atoms with Crippen LogP contribution in [0.2, 0.25) is 0 Å². The minimum atomic E-state index is -0.771. The summed E-state index contributed by atoms with van der Waals surface area (Å²) in [5.41, 5.74) is 0. The van der Waals surface area contributed by atoms with Crippen molar-refractivity contribution in [1.29, 1.82) is 0 Å². The average Bonchev–Trinajstić information content (AvgIpc) is 3.31. The van der Waals surface area contributed by atoms with Gasteiger partial charge in [-0.15, -0.1) is 0 Å². The Morgan fingerprint density at radius 3 is 0.879 bits per heavy atom. The van der Waals surface area contributed by atoms with E-state index in [4.69, 9.17) is 14.2 Å². The lowest BCUT2D eigenvalue weighted by Crippen LogP contribution is -2.30. The molecule has 0 spiro atoms. The van der Waals surface area contributed by atoms with E-state index in [0.717, 1.165) is 70.6 Å². The van der Waals surface area contributed by atoms with E-state index in [1.165, 1.54) is 199 Å². The fourth-order valence-electron chi connectivity index (χ4n) is 8.47. The van der Waals surface area contributed by atoms with E-state index >= 15 is 0 Å². The van der Waals surface area contributed by atoms with Crippen LogP contribution in [-0.2, 0) is 28.6 Å². The summed E-state index contributed by atoms with van der Waals surface area (Å²) in [6.07, 6.45) is 65.9. The molecule has 0 saturated heterocycles. The van der Waals surface area contributed by atoms with Crippen molar-refractivity contribution in [2.24, 2.45) is 0 Å². The zero-order valence-corrected chi connectivity index (χ0v) is 44.2. The predicted octanol–water partition coefficient (Wildman–Crippen LogP) is 19.3. The molecular formula is C60H110O6. The highest BCUT2D eigenvalue weighted by atomic mass is 16.6. The average molecular weight is 928 g/mol. The van der Waals surface area contributed by atoms with Crippen LogP contribution in [0.5, 0.6) is 0 Å². The van der Waals surface area contributed by atoms with E-state index in [-0.39, 0.29) is 31.1 Å². The zero-order valence-electron chi connectivity index (χ0n) is 44.2. The number of ether oxygens (including phenoxy) is 3. The van der Waals surface area contributed by atoms with Crippen LogP contribution in [0.4, 0.5) is 0 Å². The van der Waals surface area contributed by atoms with Gasteiger partial charge in [-0.25, -0.2) is 0 Å². The second kappa shape index (κ2) is 55.2. The van der Waals surface area contributed by atoms with Gasteiger partial charge in [0.15, 0.2) is 6.10 Å². The summed E-state index contributed by atoms with van der Waals surface area (Å²) in [5, 5.41) is 0. The largest absolute Gasteiger partial charge is 0.462 e. The van der Waals surface area contributed by atoms with Crippen molar-refractivity contribution in [3.05, 3.63) is 36.5 Å². The van der Waals surface area contributed by atoms with Gasteiger partial charge in [-0.1, -0.05) is 250 Å². The Hall–Kier alpha value is -2.37. The highest BCUT2D eigenvalue weighted by Crippen LogP contribution is 2.16. The number of esters is 3. The van der Waals surface area contributed by atoms with Crippen molar-refractivity contribution in [3.8, 4) is 0 Å². The van der Waals surface area contributed by atoms with Gasteiger partial charge in [0.1, 0.15) is 13.2 Å². The van der Waals surface area contributed by atoms with Gasteiger partial charge in [-0.2, -0.15) is 0 Å². The van der Waals surface area contributed by atoms with E-state index < -0.39 is 6.10 Å². The van der Waals surface area contributed by atoms with Crippen LogP contribution in [0, 0.1) is 0 Å². The topological polar surface area (TPSA) is 78.9 Å². The van der Waals surface area contributed by atoms with Gasteiger partial charge in [0.05, 0.1) is 0 Å². The third-order valence-corrected chi connectivity index (χ3v) is 12.9. The zero-order chi connectivity index (χ0) is 47.9. The molecule has 0 radical (unpaired) electrons. The molecule has 0 aliphatic carbocycles. The maximum absolute atomic E-state index is 12.8. The Morgan fingerprint density at radius 1 is 0.303 bits per heavy atom. The molecule has 0 aliphatic rings. The Labute approximate surface area is 410 Å². The molecule has 386 valence electrons. The standard InChI is InChI=1S/C60H110O6/c1-4-7-10-13-16-19-21-23-24-25-26-27-28-29-30-31-32-33-34-35-36-37-39-41-44-47-50-53-59(62)65-56-57(55-64-58(61)52-49-46-43-40-18-15-12-9-6-3)66-60(63)54-51-48-45-42-38-22-20-17-14-11-8-5-2/h17,20-21,23,25-26,57H,4-16,18-19,22,24,27-56H2,1-3H3/b20-17-,23-21-,26-25-. The number of allylic oxidation sites excluding steroid dienone is 6. The van der Waals surface area contributed by atoms with Crippen LogP contribution in [0.25, 0.3) is 0 Å². The van der Waals surface area contributed by atoms with Crippen LogP contribution >= 0.6 is 0 Å². The molecule has 0 aromatic heterocycles. The normalized spacial score (nSPS) is 12.2. The lowest BCUT2D eigenvalue weighted by atomic mass is 10.0. The van der Waals surface area contributed by atoms with Gasteiger partial charge in [-0.05, 0) is 77.0 Å². The summed E-state index contributed by atoms with van der Waals surface area (Å²) in [5.74, 6) is -0.871. The number of rotatable bonds is 53. The lowest BCUT2D eigenvalue weighted by Gasteiger charge is -2.18. The monoisotopic (exact) mass is 927 g/mol. The summed E-state index contributed by atoms with van der Waals surface area (Å²) in [6, 6.07) is 0. The molecule has 0 fully saturated rings. The third kappa shape index (κ3) is 52.6. The van der Waals surface area contributed by atoms with E-state index in [0.29, 0.717) is 19.3 Å². The number of carbonyl (C=O) groups is 3. The number of carbonyl (C=O) groups excluding carboxylic acids is 3. The first kappa shape index (κ1) is 63.6. The summed E-state index contributed by atoms with van der Waals surface area (Å²) < 4.78 is 16.8. The molecule has 0 aromatic carbocycles. The SMILES string of the molecule is CCCCC/C=C\CCCCCCCC(=O)OC(COC(=O)CCCCCCCCCCC)COC(=O)CCCCCCCCCCCCCCCCC/C=C\C/C=C\CCCCCCC. The highest BCUT2D eigenvalue weighted by molar-refractivity contribution is 5.71. The van der Waals surface area contributed by atoms with E-state index in [1.807, 2.05) is 0 Å². The minimum absolute atomic E-state index is 0.0719. The van der Waals surface area contributed by atoms with Crippen molar-refractivity contribution in [2.45, 2.75) is 316 Å². The first-order chi connectivity index (χ1) is 32.5. The molecule has 1 unspecified atom stereocenters. The molecule has 6 heteroatoms. The van der Waals surface area contributed by atoms with Crippen LogP contribution in [0.15, 0.2) is 36.5 Å². The van der Waals surface area contributed by atoms with Gasteiger partial charge in [-0.3, -0.25) is 14.4 Å². The lowest BCUT2D eigenvalue weighted by molar-refractivity contribution is -0.167. The van der Waals surface area contributed by atoms with Crippen molar-refractivity contribution < 1.29 is 28.6 Å². The van der Waals surface area contributed by atoms with Crippen LogP contribution in [-0.4, -0.2) is 37.2 Å². The molecule has 0 bridgehead atoms. The maximum atomic E-state index is 12.8. The van der Waals surface area contributed by atoms with E-state index in [2.05, 4.69) is 57.2 Å². The van der Waals surface area contributed by atoms with Crippen molar-refractivity contribution in [1.82, 2.24) is 0 Å². The van der Waals surface area contributed by atoms with Gasteiger partial charge in [0, 0.05) is 19.3 Å². The number of hydrogen-bond acceptors (Lipinski definition) is 6. The van der Waals surface area contributed by atoms with Crippen LogP contribution in [0.3, 0.4) is 0 Å². The Bertz CT molecular complexity index is 1110. The molecule has 0 rings (SSSR count). The first-order valence-electron chi connectivity index (χ1n) is 29.0. The molecule has 1 atom stereocenters. The summed E-state index contributed by atoms with van der Waals surface area (Å²) in [6.45, 7) is 6.61. The quantitative estimate of drug-likeness (QED) is 0.0262. The van der Waals surface area contributed by atoms with Crippen molar-refractivity contribution >= 4 is 17.9 Å². The summed E-state index contributed by atoms with van der Waals surface area (Å²) in [4.78, 5) is 37.9. The molecule has 0 aromatic rings. The van der Waals surface area contributed by atoms with Gasteiger partial charge in [0.2, 0.25) is 0 Å². The Morgan fingerprint density at radius 2 is 0.545 bits per heavy atom. The summed E-state index contributed by atoms with van der Waals surface area (Å²) >= 11 is 0. The van der Waals surface area contributed by atoms with Crippen LogP contribution < -0.4 is 0 Å². The van der Waals surface area contributed by atoms with Crippen molar-refractivity contribution in [2.75, 3.05) is 13.2 Å². The maximum Gasteiger partial charge on any atom is 0.306 e.